The van der Waals surface area contributed by atoms with Crippen LogP contribution in [-0.4, -0.2) is 13.1 Å². The summed E-state index contributed by atoms with van der Waals surface area (Å²) < 4.78 is 0. The molecule has 2 nitrogen and oxygen atoms in total. The summed E-state index contributed by atoms with van der Waals surface area (Å²) in [5.41, 5.74) is 8.32. The van der Waals surface area contributed by atoms with E-state index in [1.807, 2.05) is 6.07 Å². The van der Waals surface area contributed by atoms with Gasteiger partial charge < -0.3 is 10.6 Å². The summed E-state index contributed by atoms with van der Waals surface area (Å²) >= 11 is 1.72. The Balaban J connectivity index is 1.79. The average molecular weight is 270 g/mol. The van der Waals surface area contributed by atoms with Crippen molar-refractivity contribution >= 4 is 23.1 Å². The highest BCUT2D eigenvalue weighted by molar-refractivity contribution is 7.99. The van der Waals surface area contributed by atoms with Gasteiger partial charge >= 0.3 is 0 Å². The number of rotatable bonds is 3. The van der Waals surface area contributed by atoms with Gasteiger partial charge in [-0.1, -0.05) is 30.0 Å². The first-order valence-electron chi connectivity index (χ1n) is 6.70. The lowest BCUT2D eigenvalue weighted by Crippen LogP contribution is -2.17. The van der Waals surface area contributed by atoms with Gasteiger partial charge in [-0.25, -0.2) is 0 Å². The maximum atomic E-state index is 6.19. The zero-order valence-electron chi connectivity index (χ0n) is 10.9. The van der Waals surface area contributed by atoms with Gasteiger partial charge in [0.05, 0.1) is 0 Å². The van der Waals surface area contributed by atoms with Crippen LogP contribution < -0.4 is 10.6 Å². The highest BCUT2D eigenvalue weighted by Crippen LogP contribution is 2.34. The van der Waals surface area contributed by atoms with Crippen LogP contribution in [0.1, 0.15) is 12.8 Å². The summed E-state index contributed by atoms with van der Waals surface area (Å²) in [6, 6.07) is 16.8. The molecule has 0 aliphatic carbocycles. The van der Waals surface area contributed by atoms with E-state index in [0.717, 1.165) is 23.7 Å². The number of anilines is 2. The van der Waals surface area contributed by atoms with E-state index < -0.39 is 0 Å². The number of hydrogen-bond donors (Lipinski definition) is 1. The zero-order chi connectivity index (χ0) is 13.1. The van der Waals surface area contributed by atoms with Crippen molar-refractivity contribution < 1.29 is 0 Å². The predicted molar refractivity (Wildman–Crippen MR) is 82.9 cm³/mol. The second kappa shape index (κ2) is 5.57. The Morgan fingerprint density at radius 1 is 0.947 bits per heavy atom. The molecule has 0 spiro atoms. The van der Waals surface area contributed by atoms with Crippen molar-refractivity contribution in [1.82, 2.24) is 0 Å². The van der Waals surface area contributed by atoms with Gasteiger partial charge in [-0.05, 0) is 43.2 Å². The lowest BCUT2D eigenvalue weighted by atomic mass is 10.2. The van der Waals surface area contributed by atoms with Gasteiger partial charge in [-0.2, -0.15) is 0 Å². The topological polar surface area (TPSA) is 29.3 Å². The Bertz CT molecular complexity index is 548. The molecule has 1 aliphatic rings. The Morgan fingerprint density at radius 3 is 2.37 bits per heavy atom. The molecule has 3 rings (SSSR count). The van der Waals surface area contributed by atoms with Gasteiger partial charge in [-0.15, -0.1) is 0 Å². The maximum Gasteiger partial charge on any atom is 0.0476 e. The largest absolute Gasteiger partial charge is 0.398 e. The summed E-state index contributed by atoms with van der Waals surface area (Å²) in [6.07, 6.45) is 2.58. The van der Waals surface area contributed by atoms with E-state index in [1.54, 1.807) is 11.8 Å². The Morgan fingerprint density at radius 2 is 1.68 bits per heavy atom. The maximum absolute atomic E-state index is 6.19. The summed E-state index contributed by atoms with van der Waals surface area (Å²) in [4.78, 5) is 4.77. The van der Waals surface area contributed by atoms with Crippen LogP contribution in [0, 0.1) is 0 Å². The van der Waals surface area contributed by atoms with E-state index >= 15 is 0 Å². The first-order chi connectivity index (χ1) is 9.33. The fraction of sp³-hybridized carbons (Fsp3) is 0.250. The normalized spacial score (nSPS) is 14.8. The van der Waals surface area contributed by atoms with E-state index in [0.29, 0.717) is 0 Å². The summed E-state index contributed by atoms with van der Waals surface area (Å²) in [5, 5.41) is 0. The molecule has 2 aromatic rings. The van der Waals surface area contributed by atoms with Crippen LogP contribution in [-0.2, 0) is 0 Å². The van der Waals surface area contributed by atoms with Crippen LogP contribution in [0.15, 0.2) is 58.3 Å². The first-order valence-corrected chi connectivity index (χ1v) is 7.52. The third-order valence-electron chi connectivity index (χ3n) is 3.44. The van der Waals surface area contributed by atoms with E-state index in [-0.39, 0.29) is 0 Å². The molecule has 2 N–H and O–H groups in total. The molecule has 98 valence electrons. The van der Waals surface area contributed by atoms with Gasteiger partial charge in [0.15, 0.2) is 0 Å². The SMILES string of the molecule is Nc1cc(N2CCCC2)ccc1Sc1ccccc1. The van der Waals surface area contributed by atoms with Gasteiger partial charge in [0.2, 0.25) is 0 Å². The zero-order valence-corrected chi connectivity index (χ0v) is 11.7. The summed E-state index contributed by atoms with van der Waals surface area (Å²) in [6.45, 7) is 2.31. The minimum atomic E-state index is 0.873. The lowest BCUT2D eigenvalue weighted by Gasteiger charge is -2.18. The minimum absolute atomic E-state index is 0.873. The van der Waals surface area contributed by atoms with Gasteiger partial charge in [0, 0.05) is 34.3 Å². The highest BCUT2D eigenvalue weighted by Gasteiger charge is 2.13. The number of benzene rings is 2. The van der Waals surface area contributed by atoms with Gasteiger partial charge in [0.1, 0.15) is 0 Å². The van der Waals surface area contributed by atoms with Crippen LogP contribution in [0.5, 0.6) is 0 Å². The molecule has 3 heteroatoms. The number of nitrogens with two attached hydrogens (primary N) is 1. The summed E-state index contributed by atoms with van der Waals surface area (Å²) in [5.74, 6) is 0. The second-order valence-corrected chi connectivity index (χ2v) is 5.95. The number of nitrogens with zero attached hydrogens (tertiary/aromatic N) is 1. The molecular formula is C16H18N2S. The molecule has 0 unspecified atom stereocenters. The molecule has 19 heavy (non-hydrogen) atoms. The molecule has 0 bridgehead atoms. The van der Waals surface area contributed by atoms with Gasteiger partial charge in [-0.3, -0.25) is 0 Å². The minimum Gasteiger partial charge on any atom is -0.398 e. The quantitative estimate of drug-likeness (QED) is 0.854. The van der Waals surface area contributed by atoms with Crippen molar-refractivity contribution in [3.05, 3.63) is 48.5 Å². The van der Waals surface area contributed by atoms with Crippen LogP contribution in [0.4, 0.5) is 11.4 Å². The third kappa shape index (κ3) is 2.87. The molecule has 1 heterocycles. The van der Waals surface area contributed by atoms with E-state index in [2.05, 4.69) is 47.4 Å². The fourth-order valence-electron chi connectivity index (χ4n) is 2.42. The molecule has 0 radical (unpaired) electrons. The van der Waals surface area contributed by atoms with Crippen molar-refractivity contribution in [3.63, 3.8) is 0 Å². The van der Waals surface area contributed by atoms with Crippen LogP contribution in [0.25, 0.3) is 0 Å². The second-order valence-electron chi connectivity index (χ2n) is 4.83. The summed E-state index contributed by atoms with van der Waals surface area (Å²) in [7, 11) is 0. The van der Waals surface area contributed by atoms with Crippen molar-refractivity contribution in [2.75, 3.05) is 23.7 Å². The van der Waals surface area contributed by atoms with Crippen molar-refractivity contribution in [2.24, 2.45) is 0 Å². The predicted octanol–water partition coefficient (Wildman–Crippen LogP) is 4.02. The molecule has 0 aromatic heterocycles. The molecule has 0 atom stereocenters. The number of hydrogen-bond acceptors (Lipinski definition) is 3. The van der Waals surface area contributed by atoms with E-state index in [4.69, 9.17) is 5.73 Å². The van der Waals surface area contributed by atoms with Crippen LogP contribution in [0.2, 0.25) is 0 Å². The monoisotopic (exact) mass is 270 g/mol. The molecule has 1 aliphatic heterocycles. The van der Waals surface area contributed by atoms with E-state index in [9.17, 15) is 0 Å². The average Bonchev–Trinajstić information content (AvgIpc) is 2.96. The van der Waals surface area contributed by atoms with Crippen molar-refractivity contribution in [2.45, 2.75) is 22.6 Å². The first kappa shape index (κ1) is 12.4. The Labute approximate surface area is 118 Å². The molecule has 2 aromatic carbocycles. The van der Waals surface area contributed by atoms with Crippen LogP contribution in [0.3, 0.4) is 0 Å². The van der Waals surface area contributed by atoms with Crippen molar-refractivity contribution in [3.8, 4) is 0 Å². The lowest BCUT2D eigenvalue weighted by molar-refractivity contribution is 0.949. The Kier molecular flexibility index (Phi) is 3.65. The Hall–Kier alpha value is -1.61. The fourth-order valence-corrected chi connectivity index (χ4v) is 3.28. The highest BCUT2D eigenvalue weighted by atomic mass is 32.2. The smallest absolute Gasteiger partial charge is 0.0476 e. The van der Waals surface area contributed by atoms with Crippen LogP contribution >= 0.6 is 11.8 Å². The standard InChI is InChI=1S/C16H18N2S/c17-15-12-13(18-10-4-5-11-18)8-9-16(15)19-14-6-2-1-3-7-14/h1-3,6-9,12H,4-5,10-11,17H2. The van der Waals surface area contributed by atoms with Gasteiger partial charge in [0.25, 0.3) is 0 Å². The molecule has 1 fully saturated rings. The molecule has 0 saturated carbocycles. The third-order valence-corrected chi connectivity index (χ3v) is 4.54. The van der Waals surface area contributed by atoms with E-state index in [1.165, 1.54) is 23.4 Å². The molecule has 0 amide bonds. The number of nitrogen functional groups attached to an aromatic ring is 1. The van der Waals surface area contributed by atoms with Crippen molar-refractivity contribution in [1.29, 1.82) is 0 Å². The molecular weight excluding hydrogens is 252 g/mol. The molecule has 1 saturated heterocycles.